The molecule has 0 aliphatic rings. The number of nitriles is 1. The maximum absolute atomic E-state index is 8.75. The highest BCUT2D eigenvalue weighted by Crippen LogP contribution is 2.18. The highest BCUT2D eigenvalue weighted by Gasteiger charge is 2.05. The molecular weight excluding hydrogens is 226 g/mol. The number of anilines is 1. The number of hydrogen-bond acceptors (Lipinski definition) is 4. The molecule has 0 saturated heterocycles. The quantitative estimate of drug-likeness (QED) is 0.419. The largest absolute Gasteiger partial charge is 0.382 e. The SMILES string of the molecule is CC(C)Cc1ccccc1N/N=C(\C#N)C(=N)N. The van der Waals surface area contributed by atoms with Gasteiger partial charge in [0.15, 0.2) is 5.84 Å². The van der Waals surface area contributed by atoms with Gasteiger partial charge in [-0.1, -0.05) is 32.0 Å². The Hall–Kier alpha value is -2.35. The topological polar surface area (TPSA) is 98.0 Å². The monoisotopic (exact) mass is 243 g/mol. The van der Waals surface area contributed by atoms with Crippen molar-refractivity contribution in [1.82, 2.24) is 0 Å². The maximum atomic E-state index is 8.75. The first-order chi connectivity index (χ1) is 8.54. The molecule has 0 spiro atoms. The van der Waals surface area contributed by atoms with Crippen LogP contribution in [0.4, 0.5) is 5.69 Å². The molecule has 1 rings (SSSR count). The summed E-state index contributed by atoms with van der Waals surface area (Å²) in [4.78, 5) is 0. The lowest BCUT2D eigenvalue weighted by Gasteiger charge is -2.10. The average molecular weight is 243 g/mol. The summed E-state index contributed by atoms with van der Waals surface area (Å²) in [5.41, 5.74) is 9.86. The Labute approximate surface area is 107 Å². The number of hydrogen-bond donors (Lipinski definition) is 3. The van der Waals surface area contributed by atoms with Gasteiger partial charge in [-0.15, -0.1) is 0 Å². The van der Waals surface area contributed by atoms with E-state index in [1.165, 1.54) is 0 Å². The Morgan fingerprint density at radius 3 is 2.72 bits per heavy atom. The normalized spacial score (nSPS) is 11.1. The maximum Gasteiger partial charge on any atom is 0.201 e. The highest BCUT2D eigenvalue weighted by molar-refractivity contribution is 6.45. The van der Waals surface area contributed by atoms with E-state index in [-0.39, 0.29) is 11.5 Å². The van der Waals surface area contributed by atoms with Crippen molar-refractivity contribution in [3.05, 3.63) is 29.8 Å². The number of benzene rings is 1. The molecule has 0 aliphatic carbocycles. The van der Waals surface area contributed by atoms with Crippen molar-refractivity contribution in [3.63, 3.8) is 0 Å². The number of nitrogens with one attached hydrogen (secondary N) is 2. The van der Waals surface area contributed by atoms with Gasteiger partial charge in [0.1, 0.15) is 6.07 Å². The molecule has 0 unspecified atom stereocenters. The Balaban J connectivity index is 2.91. The zero-order valence-electron chi connectivity index (χ0n) is 10.6. The molecule has 5 heteroatoms. The fourth-order valence-corrected chi connectivity index (χ4v) is 1.51. The second kappa shape index (κ2) is 6.40. The molecule has 0 radical (unpaired) electrons. The van der Waals surface area contributed by atoms with Crippen LogP contribution in [0.3, 0.4) is 0 Å². The van der Waals surface area contributed by atoms with E-state index in [4.69, 9.17) is 16.4 Å². The molecule has 0 heterocycles. The summed E-state index contributed by atoms with van der Waals surface area (Å²) in [6, 6.07) is 9.52. The molecule has 0 aromatic heterocycles. The first kappa shape index (κ1) is 13.7. The lowest BCUT2D eigenvalue weighted by Crippen LogP contribution is -2.22. The second-order valence-corrected chi connectivity index (χ2v) is 4.35. The molecule has 0 saturated carbocycles. The Bertz CT molecular complexity index is 496. The summed E-state index contributed by atoms with van der Waals surface area (Å²) in [6.07, 6.45) is 0.917. The lowest BCUT2D eigenvalue weighted by molar-refractivity contribution is 0.648. The number of nitrogens with two attached hydrogens (primary N) is 1. The van der Waals surface area contributed by atoms with Crippen LogP contribution >= 0.6 is 0 Å². The molecule has 5 nitrogen and oxygen atoms in total. The summed E-state index contributed by atoms with van der Waals surface area (Å²) >= 11 is 0. The molecule has 0 amide bonds. The van der Waals surface area contributed by atoms with Crippen LogP contribution in [0.25, 0.3) is 0 Å². The third-order valence-corrected chi connectivity index (χ3v) is 2.29. The van der Waals surface area contributed by atoms with E-state index in [0.717, 1.165) is 17.7 Å². The van der Waals surface area contributed by atoms with E-state index in [2.05, 4.69) is 24.4 Å². The molecular formula is C13H17N5. The Morgan fingerprint density at radius 1 is 1.50 bits per heavy atom. The van der Waals surface area contributed by atoms with E-state index in [1.54, 1.807) is 6.07 Å². The van der Waals surface area contributed by atoms with Crippen LogP contribution in [-0.4, -0.2) is 11.5 Å². The van der Waals surface area contributed by atoms with Crippen molar-refractivity contribution in [2.75, 3.05) is 5.43 Å². The number of nitrogens with zero attached hydrogens (tertiary/aromatic N) is 2. The lowest BCUT2D eigenvalue weighted by atomic mass is 10.0. The van der Waals surface area contributed by atoms with Crippen LogP contribution in [0, 0.1) is 22.7 Å². The zero-order valence-corrected chi connectivity index (χ0v) is 10.6. The van der Waals surface area contributed by atoms with Crippen molar-refractivity contribution < 1.29 is 0 Å². The van der Waals surface area contributed by atoms with Crippen molar-refractivity contribution in [1.29, 1.82) is 10.7 Å². The van der Waals surface area contributed by atoms with Crippen molar-refractivity contribution in [2.45, 2.75) is 20.3 Å². The molecule has 94 valence electrons. The Morgan fingerprint density at radius 2 is 2.17 bits per heavy atom. The summed E-state index contributed by atoms with van der Waals surface area (Å²) in [5, 5.41) is 19.8. The van der Waals surface area contributed by atoms with Crippen LogP contribution < -0.4 is 11.2 Å². The molecule has 4 N–H and O–H groups in total. The number of rotatable bonds is 5. The fourth-order valence-electron chi connectivity index (χ4n) is 1.51. The van der Waals surface area contributed by atoms with Gasteiger partial charge >= 0.3 is 0 Å². The molecule has 18 heavy (non-hydrogen) atoms. The van der Waals surface area contributed by atoms with Crippen molar-refractivity contribution in [2.24, 2.45) is 16.8 Å². The Kier molecular flexibility index (Phi) is 4.88. The van der Waals surface area contributed by atoms with Crippen LogP contribution in [0.2, 0.25) is 0 Å². The number of amidine groups is 1. The minimum absolute atomic E-state index is 0.116. The van der Waals surface area contributed by atoms with Crippen molar-refractivity contribution >= 4 is 17.2 Å². The van der Waals surface area contributed by atoms with Gasteiger partial charge in [0.05, 0.1) is 5.69 Å². The first-order valence-electron chi connectivity index (χ1n) is 5.70. The third-order valence-electron chi connectivity index (χ3n) is 2.29. The molecule has 0 aliphatic heterocycles. The summed E-state index contributed by atoms with van der Waals surface area (Å²) in [6.45, 7) is 4.27. The first-order valence-corrected chi connectivity index (χ1v) is 5.70. The van der Waals surface area contributed by atoms with E-state index >= 15 is 0 Å². The van der Waals surface area contributed by atoms with Gasteiger partial charge in [0, 0.05) is 0 Å². The van der Waals surface area contributed by atoms with Gasteiger partial charge in [0.25, 0.3) is 0 Å². The van der Waals surface area contributed by atoms with Gasteiger partial charge in [-0.25, -0.2) is 0 Å². The summed E-state index contributed by atoms with van der Waals surface area (Å²) < 4.78 is 0. The van der Waals surface area contributed by atoms with Crippen LogP contribution in [0.15, 0.2) is 29.4 Å². The summed E-state index contributed by atoms with van der Waals surface area (Å²) in [5.74, 6) is 0.187. The van der Waals surface area contributed by atoms with Gasteiger partial charge in [-0.3, -0.25) is 10.8 Å². The van der Waals surface area contributed by atoms with Crippen LogP contribution in [-0.2, 0) is 6.42 Å². The standard InChI is InChI=1S/C13H17N5/c1-9(2)7-10-5-3-4-6-11(10)17-18-12(8-14)13(15)16/h3-6,9,17H,7H2,1-2H3,(H3,15,16)/b18-12+. The van der Waals surface area contributed by atoms with Crippen LogP contribution in [0.5, 0.6) is 0 Å². The zero-order chi connectivity index (χ0) is 13.5. The minimum Gasteiger partial charge on any atom is -0.382 e. The second-order valence-electron chi connectivity index (χ2n) is 4.35. The van der Waals surface area contributed by atoms with Gasteiger partial charge in [-0.05, 0) is 24.0 Å². The highest BCUT2D eigenvalue weighted by atomic mass is 15.3. The average Bonchev–Trinajstić information content (AvgIpc) is 2.30. The predicted molar refractivity (Wildman–Crippen MR) is 73.6 cm³/mol. The van der Waals surface area contributed by atoms with Gasteiger partial charge in [0.2, 0.25) is 5.71 Å². The molecule has 0 fully saturated rings. The molecule has 1 aromatic carbocycles. The minimum atomic E-state index is -0.341. The molecule has 0 atom stereocenters. The predicted octanol–water partition coefficient (Wildman–Crippen LogP) is 2.11. The third kappa shape index (κ3) is 3.91. The van der Waals surface area contributed by atoms with E-state index in [9.17, 15) is 0 Å². The van der Waals surface area contributed by atoms with E-state index < -0.39 is 0 Å². The van der Waals surface area contributed by atoms with E-state index in [1.807, 2.05) is 24.3 Å². The smallest absolute Gasteiger partial charge is 0.201 e. The van der Waals surface area contributed by atoms with Gasteiger partial charge in [-0.2, -0.15) is 10.4 Å². The van der Waals surface area contributed by atoms with Crippen LogP contribution in [0.1, 0.15) is 19.4 Å². The van der Waals surface area contributed by atoms with Crippen molar-refractivity contribution in [3.8, 4) is 6.07 Å². The number of hydrazone groups is 1. The number of para-hydroxylation sites is 1. The summed E-state index contributed by atoms with van der Waals surface area (Å²) in [7, 11) is 0. The fraction of sp³-hybridized carbons (Fsp3) is 0.308. The molecule has 1 aromatic rings. The van der Waals surface area contributed by atoms with E-state index in [0.29, 0.717) is 5.92 Å². The molecule has 0 bridgehead atoms. The van der Waals surface area contributed by atoms with Gasteiger partial charge < -0.3 is 5.73 Å².